The Morgan fingerprint density at radius 3 is 3.00 bits per heavy atom. The van der Waals surface area contributed by atoms with Crippen LogP contribution in [0.1, 0.15) is 41.3 Å². The molecule has 0 bridgehead atoms. The van der Waals surface area contributed by atoms with Crippen molar-refractivity contribution in [2.75, 3.05) is 6.54 Å². The van der Waals surface area contributed by atoms with Crippen LogP contribution in [-0.2, 0) is 13.1 Å². The molecule has 0 radical (unpaired) electrons. The van der Waals surface area contributed by atoms with Crippen molar-refractivity contribution < 1.29 is 0 Å². The van der Waals surface area contributed by atoms with Crippen LogP contribution in [-0.4, -0.2) is 31.6 Å². The first-order valence-corrected chi connectivity index (χ1v) is 6.67. The molecule has 2 aromatic heterocycles. The van der Waals surface area contributed by atoms with E-state index in [-0.39, 0.29) is 0 Å². The van der Waals surface area contributed by atoms with E-state index in [0.717, 1.165) is 36.8 Å². The van der Waals surface area contributed by atoms with Gasteiger partial charge in [-0.15, -0.1) is 0 Å². The summed E-state index contributed by atoms with van der Waals surface area (Å²) in [5, 5.41) is 7.25. The molecule has 5 heteroatoms. The van der Waals surface area contributed by atoms with Crippen molar-refractivity contribution in [3.8, 4) is 0 Å². The smallest absolute Gasteiger partial charge is 0.125 e. The Morgan fingerprint density at radius 2 is 2.21 bits per heavy atom. The maximum absolute atomic E-state index is 4.52. The van der Waals surface area contributed by atoms with Gasteiger partial charge < -0.3 is 0 Å². The zero-order valence-electron chi connectivity index (χ0n) is 11.6. The van der Waals surface area contributed by atoms with Gasteiger partial charge in [0, 0.05) is 42.5 Å². The molecule has 3 rings (SSSR count). The molecule has 0 saturated heterocycles. The minimum atomic E-state index is 0.496. The molecule has 0 fully saturated rings. The molecule has 3 heterocycles. The molecule has 0 amide bonds. The highest BCUT2D eigenvalue weighted by molar-refractivity contribution is 5.23. The van der Waals surface area contributed by atoms with Crippen LogP contribution >= 0.6 is 0 Å². The molecule has 1 aliphatic rings. The number of aryl methyl sites for hydroxylation is 2. The molecule has 1 N–H and O–H groups in total. The van der Waals surface area contributed by atoms with E-state index >= 15 is 0 Å². The second-order valence-corrected chi connectivity index (χ2v) is 5.43. The Balaban J connectivity index is 1.78. The van der Waals surface area contributed by atoms with Crippen LogP contribution in [0.5, 0.6) is 0 Å². The number of nitrogens with one attached hydrogen (secondary N) is 1. The van der Waals surface area contributed by atoms with Crippen molar-refractivity contribution in [2.24, 2.45) is 0 Å². The number of nitrogens with zero attached hydrogens (tertiary/aromatic N) is 4. The molecule has 100 valence electrons. The monoisotopic (exact) mass is 257 g/mol. The Morgan fingerprint density at radius 1 is 1.37 bits per heavy atom. The van der Waals surface area contributed by atoms with Gasteiger partial charge in [-0.05, 0) is 19.9 Å². The zero-order valence-corrected chi connectivity index (χ0v) is 11.6. The summed E-state index contributed by atoms with van der Waals surface area (Å²) >= 11 is 0. The number of hydrogen-bond acceptors (Lipinski definition) is 4. The Hall–Kier alpha value is -1.75. The molecule has 0 unspecified atom stereocenters. The van der Waals surface area contributed by atoms with Crippen LogP contribution < -0.4 is 0 Å². The van der Waals surface area contributed by atoms with Gasteiger partial charge in [-0.25, -0.2) is 9.97 Å². The van der Waals surface area contributed by atoms with Crippen LogP contribution in [0, 0.1) is 13.8 Å². The predicted molar refractivity (Wildman–Crippen MR) is 72.6 cm³/mol. The van der Waals surface area contributed by atoms with E-state index in [1.54, 1.807) is 0 Å². The molecule has 2 aromatic rings. The van der Waals surface area contributed by atoms with Crippen molar-refractivity contribution in [1.29, 1.82) is 0 Å². The van der Waals surface area contributed by atoms with E-state index in [1.807, 2.05) is 20.0 Å². The first kappa shape index (κ1) is 12.3. The molecule has 0 saturated carbocycles. The number of hydrogen-bond donors (Lipinski definition) is 1. The number of aromatic amines is 1. The van der Waals surface area contributed by atoms with Crippen LogP contribution in [0.2, 0.25) is 0 Å². The summed E-state index contributed by atoms with van der Waals surface area (Å²) in [6.45, 7) is 9.06. The third-order valence-electron chi connectivity index (χ3n) is 3.57. The lowest BCUT2D eigenvalue weighted by atomic mass is 9.98. The molecule has 1 atom stereocenters. The van der Waals surface area contributed by atoms with Crippen molar-refractivity contribution in [3.63, 3.8) is 0 Å². The van der Waals surface area contributed by atoms with Gasteiger partial charge in [-0.1, -0.05) is 6.92 Å². The molecular weight excluding hydrogens is 238 g/mol. The summed E-state index contributed by atoms with van der Waals surface area (Å²) in [5.74, 6) is 1.35. The lowest BCUT2D eigenvalue weighted by Crippen LogP contribution is -2.32. The highest BCUT2D eigenvalue weighted by Gasteiger charge is 2.24. The minimum Gasteiger partial charge on any atom is -0.292 e. The van der Waals surface area contributed by atoms with Crippen LogP contribution in [0.25, 0.3) is 0 Å². The molecule has 0 aliphatic carbocycles. The largest absolute Gasteiger partial charge is 0.292 e. The van der Waals surface area contributed by atoms with Gasteiger partial charge >= 0.3 is 0 Å². The highest BCUT2D eigenvalue weighted by atomic mass is 15.2. The number of aromatic nitrogens is 4. The van der Waals surface area contributed by atoms with Gasteiger partial charge in [-0.3, -0.25) is 10.00 Å². The third kappa shape index (κ3) is 2.51. The Bertz CT molecular complexity index is 569. The Kier molecular flexibility index (Phi) is 3.06. The minimum absolute atomic E-state index is 0.496. The van der Waals surface area contributed by atoms with Crippen LogP contribution in [0.15, 0.2) is 12.3 Å². The average molecular weight is 257 g/mol. The van der Waals surface area contributed by atoms with Crippen LogP contribution in [0.4, 0.5) is 0 Å². The van der Waals surface area contributed by atoms with Crippen molar-refractivity contribution >= 4 is 0 Å². The standard InChI is InChI=1S/C14H19N5/c1-9-6-19(7-12-5-15-18-14(9)12)8-13-4-10(2)16-11(3)17-13/h4-5,9H,6-8H2,1-3H3,(H,15,18)/t9-/m0/s1. The summed E-state index contributed by atoms with van der Waals surface area (Å²) in [5.41, 5.74) is 4.73. The van der Waals surface area contributed by atoms with Crippen molar-refractivity contribution in [3.05, 3.63) is 40.7 Å². The van der Waals surface area contributed by atoms with Crippen molar-refractivity contribution in [2.45, 2.75) is 39.8 Å². The highest BCUT2D eigenvalue weighted by Crippen LogP contribution is 2.26. The number of H-pyrrole nitrogens is 1. The second kappa shape index (κ2) is 4.74. The average Bonchev–Trinajstić information content (AvgIpc) is 2.75. The normalized spacial score (nSPS) is 19.4. The number of fused-ring (bicyclic) bond motifs is 1. The Labute approximate surface area is 113 Å². The lowest BCUT2D eigenvalue weighted by Gasteiger charge is -2.30. The van der Waals surface area contributed by atoms with E-state index in [9.17, 15) is 0 Å². The van der Waals surface area contributed by atoms with Gasteiger partial charge in [0.1, 0.15) is 5.82 Å². The van der Waals surface area contributed by atoms with Crippen molar-refractivity contribution in [1.82, 2.24) is 25.1 Å². The summed E-state index contributed by atoms with van der Waals surface area (Å²) in [4.78, 5) is 11.3. The quantitative estimate of drug-likeness (QED) is 0.893. The van der Waals surface area contributed by atoms with Gasteiger partial charge in [0.2, 0.25) is 0 Å². The number of rotatable bonds is 2. The van der Waals surface area contributed by atoms with Gasteiger partial charge in [0.25, 0.3) is 0 Å². The van der Waals surface area contributed by atoms with E-state index in [4.69, 9.17) is 0 Å². The second-order valence-electron chi connectivity index (χ2n) is 5.43. The molecule has 19 heavy (non-hydrogen) atoms. The third-order valence-corrected chi connectivity index (χ3v) is 3.57. The zero-order chi connectivity index (χ0) is 13.4. The fourth-order valence-corrected chi connectivity index (χ4v) is 2.88. The fraction of sp³-hybridized carbons (Fsp3) is 0.500. The van der Waals surface area contributed by atoms with Gasteiger partial charge in [-0.2, -0.15) is 5.10 Å². The molecule has 0 aromatic carbocycles. The lowest BCUT2D eigenvalue weighted by molar-refractivity contribution is 0.222. The molecule has 1 aliphatic heterocycles. The topological polar surface area (TPSA) is 57.7 Å². The first-order valence-electron chi connectivity index (χ1n) is 6.67. The molecule has 0 spiro atoms. The maximum atomic E-state index is 4.52. The van der Waals surface area contributed by atoms with E-state index in [0.29, 0.717) is 5.92 Å². The summed E-state index contributed by atoms with van der Waals surface area (Å²) < 4.78 is 0. The summed E-state index contributed by atoms with van der Waals surface area (Å²) in [7, 11) is 0. The summed E-state index contributed by atoms with van der Waals surface area (Å²) in [6.07, 6.45) is 1.94. The van der Waals surface area contributed by atoms with E-state index < -0.39 is 0 Å². The fourth-order valence-electron chi connectivity index (χ4n) is 2.88. The predicted octanol–water partition coefficient (Wildman–Crippen LogP) is 1.94. The summed E-state index contributed by atoms with van der Waals surface area (Å²) in [6, 6.07) is 2.07. The van der Waals surface area contributed by atoms with Crippen LogP contribution in [0.3, 0.4) is 0 Å². The van der Waals surface area contributed by atoms with Gasteiger partial charge in [0.15, 0.2) is 0 Å². The van der Waals surface area contributed by atoms with E-state index in [2.05, 4.69) is 38.1 Å². The first-order chi connectivity index (χ1) is 9.11. The molecule has 5 nitrogen and oxygen atoms in total. The maximum Gasteiger partial charge on any atom is 0.125 e. The SMILES string of the molecule is Cc1cc(CN2Cc3cn[nH]c3[C@@H](C)C2)nc(C)n1. The molecular formula is C14H19N5. The van der Waals surface area contributed by atoms with E-state index in [1.165, 1.54) is 11.3 Å². The van der Waals surface area contributed by atoms with Gasteiger partial charge in [0.05, 0.1) is 11.9 Å².